The molecule has 2 nitrogen and oxygen atoms in total. The van der Waals surface area contributed by atoms with Crippen LogP contribution >= 0.6 is 15.9 Å². The van der Waals surface area contributed by atoms with Crippen LogP contribution in [0.1, 0.15) is 30.9 Å². The average molecular weight is 335 g/mol. The van der Waals surface area contributed by atoms with Crippen molar-refractivity contribution in [3.05, 3.63) is 58.1 Å². The number of hydrogen-bond acceptors (Lipinski definition) is 2. The molecular formula is C17H19BrO2. The molecule has 0 radical (unpaired) electrons. The maximum Gasteiger partial charge on any atom is 0.134 e. The summed E-state index contributed by atoms with van der Waals surface area (Å²) in [5, 5.41) is 0. The average Bonchev–Trinajstić information content (AvgIpc) is 2.46. The van der Waals surface area contributed by atoms with Crippen LogP contribution in [0.15, 0.2) is 46.9 Å². The van der Waals surface area contributed by atoms with Gasteiger partial charge in [0.25, 0.3) is 0 Å². The Balaban J connectivity index is 2.01. The van der Waals surface area contributed by atoms with Gasteiger partial charge < -0.3 is 9.47 Å². The Kier molecular flexibility index (Phi) is 5.07. The van der Waals surface area contributed by atoms with Gasteiger partial charge in [-0.2, -0.15) is 0 Å². The Hall–Kier alpha value is -1.48. The molecule has 20 heavy (non-hydrogen) atoms. The molecule has 106 valence electrons. The zero-order valence-electron chi connectivity index (χ0n) is 12.0. The van der Waals surface area contributed by atoms with Crippen molar-refractivity contribution in [2.24, 2.45) is 0 Å². The highest BCUT2D eigenvalue weighted by Crippen LogP contribution is 2.29. The Morgan fingerprint density at radius 2 is 1.75 bits per heavy atom. The zero-order chi connectivity index (χ0) is 14.5. The summed E-state index contributed by atoms with van der Waals surface area (Å²) < 4.78 is 11.9. The summed E-state index contributed by atoms with van der Waals surface area (Å²) in [6, 6.07) is 14.3. The second-order valence-electron chi connectivity index (χ2n) is 4.98. The third-order valence-corrected chi connectivity index (χ3v) is 3.80. The molecule has 0 fully saturated rings. The van der Waals surface area contributed by atoms with Gasteiger partial charge in [-0.3, -0.25) is 0 Å². The minimum Gasteiger partial charge on any atom is -0.497 e. The monoisotopic (exact) mass is 334 g/mol. The fourth-order valence-corrected chi connectivity index (χ4v) is 2.36. The van der Waals surface area contributed by atoms with Crippen LogP contribution in [-0.4, -0.2) is 7.11 Å². The van der Waals surface area contributed by atoms with Gasteiger partial charge in [0.1, 0.15) is 18.1 Å². The first-order chi connectivity index (χ1) is 9.60. The molecule has 0 amide bonds. The van der Waals surface area contributed by atoms with Gasteiger partial charge in [-0.15, -0.1) is 0 Å². The third kappa shape index (κ3) is 3.76. The number of benzene rings is 2. The summed E-state index contributed by atoms with van der Waals surface area (Å²) in [6.45, 7) is 4.95. The van der Waals surface area contributed by atoms with E-state index in [1.807, 2.05) is 18.2 Å². The highest BCUT2D eigenvalue weighted by atomic mass is 79.9. The van der Waals surface area contributed by atoms with Crippen molar-refractivity contribution in [2.75, 3.05) is 7.11 Å². The molecule has 0 N–H and O–H groups in total. The third-order valence-electron chi connectivity index (χ3n) is 3.18. The fraction of sp³-hybridized carbons (Fsp3) is 0.294. The van der Waals surface area contributed by atoms with Crippen molar-refractivity contribution in [1.29, 1.82) is 0 Å². The molecule has 0 bridgehead atoms. The molecule has 2 aromatic carbocycles. The number of halogens is 1. The van der Waals surface area contributed by atoms with E-state index in [9.17, 15) is 0 Å². The Morgan fingerprint density at radius 1 is 1.05 bits per heavy atom. The molecule has 0 aliphatic heterocycles. The quantitative estimate of drug-likeness (QED) is 0.751. The molecule has 3 heteroatoms. The van der Waals surface area contributed by atoms with Crippen molar-refractivity contribution in [3.8, 4) is 11.5 Å². The molecule has 0 heterocycles. The normalized spacial score (nSPS) is 10.7. The van der Waals surface area contributed by atoms with Crippen molar-refractivity contribution in [3.63, 3.8) is 0 Å². The van der Waals surface area contributed by atoms with Gasteiger partial charge in [0.2, 0.25) is 0 Å². The topological polar surface area (TPSA) is 18.5 Å². The van der Waals surface area contributed by atoms with E-state index in [4.69, 9.17) is 9.47 Å². The lowest BCUT2D eigenvalue weighted by Gasteiger charge is -2.11. The summed E-state index contributed by atoms with van der Waals surface area (Å²) in [5.74, 6) is 2.19. The maximum atomic E-state index is 5.82. The van der Waals surface area contributed by atoms with Crippen molar-refractivity contribution >= 4 is 15.9 Å². The molecule has 2 rings (SSSR count). The predicted octanol–water partition coefficient (Wildman–Crippen LogP) is 5.16. The largest absolute Gasteiger partial charge is 0.497 e. The van der Waals surface area contributed by atoms with Crippen LogP contribution in [0, 0.1) is 0 Å². The van der Waals surface area contributed by atoms with Crippen molar-refractivity contribution < 1.29 is 9.47 Å². The van der Waals surface area contributed by atoms with Gasteiger partial charge in [-0.1, -0.05) is 38.1 Å². The van der Waals surface area contributed by atoms with Gasteiger partial charge in [0.15, 0.2) is 0 Å². The van der Waals surface area contributed by atoms with E-state index < -0.39 is 0 Å². The standard InChI is InChI=1S/C17H19BrO2/c1-12(2)14-6-4-13(5-7-14)11-20-17-9-8-15(19-3)10-16(17)18/h4-10,12H,11H2,1-3H3. The first kappa shape index (κ1) is 14.9. The van der Waals surface area contributed by atoms with Crippen LogP contribution in [-0.2, 0) is 6.61 Å². The number of hydrogen-bond donors (Lipinski definition) is 0. The second kappa shape index (κ2) is 6.80. The first-order valence-electron chi connectivity index (χ1n) is 6.65. The van der Waals surface area contributed by atoms with E-state index in [-0.39, 0.29) is 0 Å². The van der Waals surface area contributed by atoms with E-state index in [1.165, 1.54) is 5.56 Å². The molecule has 0 aromatic heterocycles. The number of rotatable bonds is 5. The van der Waals surface area contributed by atoms with Crippen LogP contribution in [0.4, 0.5) is 0 Å². The lowest BCUT2D eigenvalue weighted by Crippen LogP contribution is -1.97. The lowest BCUT2D eigenvalue weighted by molar-refractivity contribution is 0.303. The predicted molar refractivity (Wildman–Crippen MR) is 85.6 cm³/mol. The van der Waals surface area contributed by atoms with Crippen LogP contribution in [0.5, 0.6) is 11.5 Å². The highest BCUT2D eigenvalue weighted by molar-refractivity contribution is 9.10. The lowest BCUT2D eigenvalue weighted by atomic mass is 10.0. The molecule has 0 atom stereocenters. The molecule has 2 aromatic rings. The summed E-state index contributed by atoms with van der Waals surface area (Å²) in [7, 11) is 1.65. The van der Waals surface area contributed by atoms with Crippen LogP contribution < -0.4 is 9.47 Å². The molecular weight excluding hydrogens is 316 g/mol. The van der Waals surface area contributed by atoms with E-state index >= 15 is 0 Å². The number of ether oxygens (including phenoxy) is 2. The van der Waals surface area contributed by atoms with E-state index in [2.05, 4.69) is 54.0 Å². The van der Waals surface area contributed by atoms with Crippen LogP contribution in [0.2, 0.25) is 0 Å². The van der Waals surface area contributed by atoms with E-state index in [0.29, 0.717) is 12.5 Å². The highest BCUT2D eigenvalue weighted by Gasteiger charge is 2.04. The smallest absolute Gasteiger partial charge is 0.134 e. The Morgan fingerprint density at radius 3 is 2.30 bits per heavy atom. The van der Waals surface area contributed by atoms with Gasteiger partial charge in [-0.05, 0) is 51.2 Å². The second-order valence-corrected chi connectivity index (χ2v) is 5.84. The van der Waals surface area contributed by atoms with Gasteiger partial charge in [0.05, 0.1) is 11.6 Å². The molecule has 0 saturated carbocycles. The molecule has 0 saturated heterocycles. The minimum atomic E-state index is 0.556. The summed E-state index contributed by atoms with van der Waals surface area (Å²) in [4.78, 5) is 0. The minimum absolute atomic E-state index is 0.556. The van der Waals surface area contributed by atoms with Gasteiger partial charge in [-0.25, -0.2) is 0 Å². The SMILES string of the molecule is COc1ccc(OCc2ccc(C(C)C)cc2)c(Br)c1. The molecule has 0 unspecified atom stereocenters. The Labute approximate surface area is 128 Å². The van der Waals surface area contributed by atoms with Gasteiger partial charge >= 0.3 is 0 Å². The maximum absolute atomic E-state index is 5.82. The van der Waals surface area contributed by atoms with E-state index in [1.54, 1.807) is 7.11 Å². The molecule has 0 aliphatic rings. The van der Waals surface area contributed by atoms with Crippen molar-refractivity contribution in [2.45, 2.75) is 26.4 Å². The molecule has 0 spiro atoms. The summed E-state index contributed by atoms with van der Waals surface area (Å²) in [6.07, 6.45) is 0. The fourth-order valence-electron chi connectivity index (χ4n) is 1.89. The summed E-state index contributed by atoms with van der Waals surface area (Å²) in [5.41, 5.74) is 2.51. The van der Waals surface area contributed by atoms with Gasteiger partial charge in [0, 0.05) is 0 Å². The Bertz CT molecular complexity index is 562. The van der Waals surface area contributed by atoms with E-state index in [0.717, 1.165) is 21.5 Å². The first-order valence-corrected chi connectivity index (χ1v) is 7.44. The number of methoxy groups -OCH3 is 1. The summed E-state index contributed by atoms with van der Waals surface area (Å²) >= 11 is 3.49. The van der Waals surface area contributed by atoms with Crippen LogP contribution in [0.3, 0.4) is 0 Å². The molecule has 0 aliphatic carbocycles. The van der Waals surface area contributed by atoms with Crippen LogP contribution in [0.25, 0.3) is 0 Å². The zero-order valence-corrected chi connectivity index (χ0v) is 13.6. The van der Waals surface area contributed by atoms with Crippen molar-refractivity contribution in [1.82, 2.24) is 0 Å².